The van der Waals surface area contributed by atoms with Crippen LogP contribution in [-0.2, 0) is 24.3 Å². The Morgan fingerprint density at radius 1 is 1.09 bits per heavy atom. The second-order valence-corrected chi connectivity index (χ2v) is 9.20. The van der Waals surface area contributed by atoms with Crippen molar-refractivity contribution in [3.8, 4) is 0 Å². The monoisotopic (exact) mass is 347 g/mol. The van der Waals surface area contributed by atoms with Crippen LogP contribution in [0, 0.1) is 13.8 Å². The molecule has 0 aliphatic carbocycles. The van der Waals surface area contributed by atoms with E-state index in [9.17, 15) is 16.8 Å². The fraction of sp³-hybridized carbons (Fsp3) is 0.571. The molecule has 0 atom stereocenters. The summed E-state index contributed by atoms with van der Waals surface area (Å²) in [5.74, 6) is 0. The van der Waals surface area contributed by atoms with Crippen molar-refractivity contribution in [2.45, 2.75) is 37.7 Å². The number of benzene rings is 1. The maximum absolute atomic E-state index is 12.4. The third-order valence-corrected chi connectivity index (χ3v) is 6.56. The van der Waals surface area contributed by atoms with E-state index in [1.54, 1.807) is 25.1 Å². The van der Waals surface area contributed by atoms with E-state index in [4.69, 9.17) is 4.18 Å². The zero-order valence-corrected chi connectivity index (χ0v) is 14.6. The highest BCUT2D eigenvalue weighted by Crippen LogP contribution is 2.24. The van der Waals surface area contributed by atoms with Gasteiger partial charge in [0.1, 0.15) is 0 Å². The highest BCUT2D eigenvalue weighted by molar-refractivity contribution is 7.88. The van der Waals surface area contributed by atoms with Gasteiger partial charge in [-0.1, -0.05) is 17.7 Å². The highest BCUT2D eigenvalue weighted by atomic mass is 32.2. The Morgan fingerprint density at radius 3 is 2.18 bits per heavy atom. The normalized spacial score (nSPS) is 18.5. The highest BCUT2D eigenvalue weighted by Gasteiger charge is 2.29. The van der Waals surface area contributed by atoms with Crippen LogP contribution in [0.3, 0.4) is 0 Å². The van der Waals surface area contributed by atoms with Gasteiger partial charge in [-0.15, -0.1) is 0 Å². The van der Waals surface area contributed by atoms with Crippen molar-refractivity contribution in [2.24, 2.45) is 0 Å². The standard InChI is InChI=1S/C14H21NO5S2/c1-11-4-5-14(12(2)10-11)22(18,19)20-13-6-8-15(9-7-13)21(3,16)17/h4-5,10,13H,6-9H2,1-3H3. The molecule has 1 aliphatic heterocycles. The Balaban J connectivity index is 2.08. The molecule has 0 amide bonds. The summed E-state index contributed by atoms with van der Waals surface area (Å²) in [6.45, 7) is 4.19. The molecule has 1 aromatic rings. The quantitative estimate of drug-likeness (QED) is 0.770. The predicted molar refractivity (Wildman–Crippen MR) is 83.6 cm³/mol. The molecule has 0 spiro atoms. The largest absolute Gasteiger partial charge is 0.297 e. The van der Waals surface area contributed by atoms with Crippen molar-refractivity contribution < 1.29 is 21.0 Å². The zero-order chi connectivity index (χ0) is 16.5. The van der Waals surface area contributed by atoms with E-state index in [1.807, 2.05) is 6.92 Å². The first-order valence-electron chi connectivity index (χ1n) is 7.05. The van der Waals surface area contributed by atoms with Crippen molar-refractivity contribution in [2.75, 3.05) is 19.3 Å². The molecule has 1 saturated heterocycles. The van der Waals surface area contributed by atoms with Crippen LogP contribution in [0.2, 0.25) is 0 Å². The topological polar surface area (TPSA) is 80.8 Å². The number of sulfonamides is 1. The van der Waals surface area contributed by atoms with Gasteiger partial charge >= 0.3 is 0 Å². The average molecular weight is 347 g/mol. The summed E-state index contributed by atoms with van der Waals surface area (Å²) >= 11 is 0. The maximum atomic E-state index is 12.4. The van der Waals surface area contributed by atoms with E-state index in [0.717, 1.165) is 11.8 Å². The van der Waals surface area contributed by atoms with Crippen LogP contribution in [0.5, 0.6) is 0 Å². The molecular formula is C14H21NO5S2. The lowest BCUT2D eigenvalue weighted by molar-refractivity contribution is 0.142. The van der Waals surface area contributed by atoms with E-state index in [2.05, 4.69) is 0 Å². The van der Waals surface area contributed by atoms with Crippen LogP contribution < -0.4 is 0 Å². The van der Waals surface area contributed by atoms with Crippen LogP contribution in [0.25, 0.3) is 0 Å². The van der Waals surface area contributed by atoms with E-state index in [1.165, 1.54) is 4.31 Å². The smallest absolute Gasteiger partial charge is 0.263 e. The van der Waals surface area contributed by atoms with Crippen molar-refractivity contribution in [3.05, 3.63) is 29.3 Å². The van der Waals surface area contributed by atoms with Crippen molar-refractivity contribution in [1.29, 1.82) is 0 Å². The van der Waals surface area contributed by atoms with Crippen molar-refractivity contribution in [1.82, 2.24) is 4.31 Å². The lowest BCUT2D eigenvalue weighted by Gasteiger charge is -2.29. The number of hydrogen-bond acceptors (Lipinski definition) is 5. The van der Waals surface area contributed by atoms with E-state index < -0.39 is 26.2 Å². The van der Waals surface area contributed by atoms with Gasteiger partial charge in [0.15, 0.2) is 0 Å². The maximum Gasteiger partial charge on any atom is 0.297 e. The summed E-state index contributed by atoms with van der Waals surface area (Å²) in [4.78, 5) is 0.170. The summed E-state index contributed by atoms with van der Waals surface area (Å²) in [5.41, 5.74) is 1.63. The van der Waals surface area contributed by atoms with E-state index in [0.29, 0.717) is 18.4 Å². The number of piperidine rings is 1. The van der Waals surface area contributed by atoms with Gasteiger partial charge in [0.2, 0.25) is 10.0 Å². The summed E-state index contributed by atoms with van der Waals surface area (Å²) in [7, 11) is -7.06. The molecule has 124 valence electrons. The van der Waals surface area contributed by atoms with Crippen molar-refractivity contribution >= 4 is 20.1 Å². The molecule has 1 heterocycles. The Labute approximate surface area is 132 Å². The Kier molecular flexibility index (Phi) is 4.96. The van der Waals surface area contributed by atoms with Crippen LogP contribution in [0.15, 0.2) is 23.1 Å². The van der Waals surface area contributed by atoms with Gasteiger partial charge in [0.05, 0.1) is 17.3 Å². The second kappa shape index (κ2) is 6.27. The molecule has 0 radical (unpaired) electrons. The number of aryl methyl sites for hydroxylation is 2. The summed E-state index contributed by atoms with van der Waals surface area (Å²) in [5, 5.41) is 0. The summed E-state index contributed by atoms with van der Waals surface area (Å²) < 4.78 is 54.2. The van der Waals surface area contributed by atoms with Gasteiger partial charge in [-0.25, -0.2) is 12.7 Å². The number of rotatable bonds is 4. The first-order chi connectivity index (χ1) is 10.1. The minimum Gasteiger partial charge on any atom is -0.263 e. The van der Waals surface area contributed by atoms with E-state index >= 15 is 0 Å². The fourth-order valence-electron chi connectivity index (χ4n) is 2.57. The van der Waals surface area contributed by atoms with Gasteiger partial charge in [0.25, 0.3) is 10.1 Å². The molecule has 0 aromatic heterocycles. The summed E-state index contributed by atoms with van der Waals surface area (Å²) in [6, 6.07) is 5.07. The molecular weight excluding hydrogens is 326 g/mol. The molecule has 0 N–H and O–H groups in total. The molecule has 0 unspecified atom stereocenters. The molecule has 6 nitrogen and oxygen atoms in total. The Bertz CT molecular complexity index is 747. The molecule has 1 fully saturated rings. The SMILES string of the molecule is Cc1ccc(S(=O)(=O)OC2CCN(S(C)(=O)=O)CC2)c(C)c1. The Hall–Kier alpha value is -0.960. The third-order valence-electron chi connectivity index (χ3n) is 3.73. The van der Waals surface area contributed by atoms with Crippen LogP contribution >= 0.6 is 0 Å². The zero-order valence-electron chi connectivity index (χ0n) is 12.9. The molecule has 1 aromatic carbocycles. The van der Waals surface area contributed by atoms with E-state index in [-0.39, 0.29) is 18.0 Å². The average Bonchev–Trinajstić information content (AvgIpc) is 2.37. The fourth-order valence-corrected chi connectivity index (χ4v) is 4.79. The molecule has 22 heavy (non-hydrogen) atoms. The predicted octanol–water partition coefficient (Wildman–Crippen LogP) is 1.43. The first kappa shape index (κ1) is 17.4. The Morgan fingerprint density at radius 2 is 1.68 bits per heavy atom. The molecule has 0 bridgehead atoms. The van der Waals surface area contributed by atoms with Gasteiger partial charge in [-0.2, -0.15) is 8.42 Å². The van der Waals surface area contributed by atoms with Crippen LogP contribution in [-0.4, -0.2) is 46.6 Å². The number of hydrogen-bond donors (Lipinski definition) is 0. The number of nitrogens with zero attached hydrogens (tertiary/aromatic N) is 1. The van der Waals surface area contributed by atoms with Crippen molar-refractivity contribution in [3.63, 3.8) is 0 Å². The summed E-state index contributed by atoms with van der Waals surface area (Å²) in [6.07, 6.45) is 1.42. The van der Waals surface area contributed by atoms with Gasteiger partial charge in [0, 0.05) is 13.1 Å². The lowest BCUT2D eigenvalue weighted by Crippen LogP contribution is -2.40. The third kappa shape index (κ3) is 4.07. The minimum absolute atomic E-state index is 0.170. The van der Waals surface area contributed by atoms with Gasteiger partial charge < -0.3 is 0 Å². The molecule has 0 saturated carbocycles. The van der Waals surface area contributed by atoms with Crippen LogP contribution in [0.4, 0.5) is 0 Å². The second-order valence-electron chi connectivity index (χ2n) is 5.68. The minimum atomic E-state index is -3.83. The van der Waals surface area contributed by atoms with Gasteiger partial charge in [-0.05, 0) is 38.3 Å². The van der Waals surface area contributed by atoms with Crippen LogP contribution in [0.1, 0.15) is 24.0 Å². The molecule has 8 heteroatoms. The molecule has 1 aliphatic rings. The van der Waals surface area contributed by atoms with Gasteiger partial charge in [-0.3, -0.25) is 4.18 Å². The first-order valence-corrected chi connectivity index (χ1v) is 10.3. The lowest BCUT2D eigenvalue weighted by atomic mass is 10.1. The molecule has 2 rings (SSSR count).